The van der Waals surface area contributed by atoms with Crippen LogP contribution in [0.5, 0.6) is 0 Å². The maximum absolute atomic E-state index is 10.1. The van der Waals surface area contributed by atoms with Crippen molar-refractivity contribution >= 4 is 23.4 Å². The largest absolute Gasteiger partial charge is 0.393 e. The fourth-order valence-corrected chi connectivity index (χ4v) is 3.69. The molecule has 7 heteroatoms. The van der Waals surface area contributed by atoms with E-state index in [-0.39, 0.29) is 17.6 Å². The number of nitrogens with one attached hydrogen (secondary N) is 2. The van der Waals surface area contributed by atoms with E-state index in [0.29, 0.717) is 23.9 Å². The van der Waals surface area contributed by atoms with Gasteiger partial charge in [0, 0.05) is 17.6 Å². The van der Waals surface area contributed by atoms with Crippen molar-refractivity contribution in [2.24, 2.45) is 5.41 Å². The number of aliphatic hydroxyl groups is 1. The molecule has 3 rings (SSSR count). The SMILES string of the molecule is CC1(C)C[C@H](Nc2nc(NCCc3ccc(Cl)cc3)ncc2C#N)CC[C@@H]1O. The van der Waals surface area contributed by atoms with Gasteiger partial charge in [-0.2, -0.15) is 10.2 Å². The molecular weight excluding hydrogens is 374 g/mol. The lowest BCUT2D eigenvalue weighted by molar-refractivity contribution is 0.00926. The molecule has 0 bridgehead atoms. The van der Waals surface area contributed by atoms with Crippen molar-refractivity contribution < 1.29 is 5.11 Å². The second kappa shape index (κ2) is 8.76. The van der Waals surface area contributed by atoms with E-state index in [2.05, 4.69) is 40.5 Å². The molecule has 0 saturated heterocycles. The molecule has 0 spiro atoms. The molecule has 0 aliphatic heterocycles. The minimum absolute atomic E-state index is 0.157. The summed E-state index contributed by atoms with van der Waals surface area (Å²) in [6.45, 7) is 4.82. The van der Waals surface area contributed by atoms with E-state index in [4.69, 9.17) is 11.6 Å². The van der Waals surface area contributed by atoms with Crippen LogP contribution >= 0.6 is 11.6 Å². The maximum atomic E-state index is 10.1. The van der Waals surface area contributed by atoms with Crippen LogP contribution in [-0.2, 0) is 6.42 Å². The molecule has 28 heavy (non-hydrogen) atoms. The number of aromatic nitrogens is 2. The summed E-state index contributed by atoms with van der Waals surface area (Å²) in [5.41, 5.74) is 1.44. The second-order valence-electron chi connectivity index (χ2n) is 8.00. The number of aliphatic hydroxyl groups excluding tert-OH is 1. The lowest BCUT2D eigenvalue weighted by Crippen LogP contribution is -2.41. The van der Waals surface area contributed by atoms with Crippen LogP contribution in [-0.4, -0.2) is 33.8 Å². The van der Waals surface area contributed by atoms with Crippen LogP contribution in [0, 0.1) is 16.7 Å². The third-order valence-corrected chi connectivity index (χ3v) is 5.58. The van der Waals surface area contributed by atoms with Crippen LogP contribution in [0.25, 0.3) is 0 Å². The highest BCUT2D eigenvalue weighted by molar-refractivity contribution is 6.30. The number of anilines is 2. The zero-order valence-electron chi connectivity index (χ0n) is 16.2. The Morgan fingerprint density at radius 2 is 2.04 bits per heavy atom. The molecule has 1 saturated carbocycles. The van der Waals surface area contributed by atoms with Gasteiger partial charge in [0.05, 0.1) is 12.3 Å². The minimum atomic E-state index is -0.295. The van der Waals surface area contributed by atoms with Gasteiger partial charge in [-0.25, -0.2) is 4.98 Å². The monoisotopic (exact) mass is 399 g/mol. The molecule has 2 atom stereocenters. The summed E-state index contributed by atoms with van der Waals surface area (Å²) in [6.07, 6.45) is 4.47. The van der Waals surface area contributed by atoms with Gasteiger partial charge >= 0.3 is 0 Å². The molecule has 1 fully saturated rings. The Morgan fingerprint density at radius 3 is 2.71 bits per heavy atom. The van der Waals surface area contributed by atoms with E-state index < -0.39 is 0 Å². The molecule has 1 aliphatic rings. The molecule has 0 radical (unpaired) electrons. The summed E-state index contributed by atoms with van der Waals surface area (Å²) in [7, 11) is 0. The van der Waals surface area contributed by atoms with Crippen molar-refractivity contribution in [3.05, 3.63) is 46.6 Å². The van der Waals surface area contributed by atoms with Crippen molar-refractivity contribution in [3.8, 4) is 6.07 Å². The molecule has 1 aromatic heterocycles. The number of hydrogen-bond acceptors (Lipinski definition) is 6. The van der Waals surface area contributed by atoms with Crippen molar-refractivity contribution in [3.63, 3.8) is 0 Å². The van der Waals surface area contributed by atoms with Crippen LogP contribution in [0.1, 0.15) is 44.2 Å². The Bertz CT molecular complexity index is 847. The number of nitrogens with zero attached hydrogens (tertiary/aromatic N) is 3. The first kappa shape index (κ1) is 20.4. The summed E-state index contributed by atoms with van der Waals surface area (Å²) >= 11 is 5.91. The van der Waals surface area contributed by atoms with Crippen molar-refractivity contribution in [2.75, 3.05) is 17.2 Å². The number of benzene rings is 1. The highest BCUT2D eigenvalue weighted by Gasteiger charge is 2.35. The summed E-state index contributed by atoms with van der Waals surface area (Å²) in [4.78, 5) is 8.75. The average molecular weight is 400 g/mol. The molecule has 1 aliphatic carbocycles. The highest BCUT2D eigenvalue weighted by Crippen LogP contribution is 2.36. The number of halogens is 1. The third-order valence-electron chi connectivity index (χ3n) is 5.32. The van der Waals surface area contributed by atoms with E-state index in [1.807, 2.05) is 24.3 Å². The van der Waals surface area contributed by atoms with Crippen molar-refractivity contribution in [1.29, 1.82) is 5.26 Å². The highest BCUT2D eigenvalue weighted by atomic mass is 35.5. The van der Waals surface area contributed by atoms with Gasteiger partial charge in [-0.1, -0.05) is 37.6 Å². The Morgan fingerprint density at radius 1 is 1.29 bits per heavy atom. The standard InChI is InChI=1S/C21H26ClN5O/c1-21(2)11-17(7-8-18(21)28)26-19-15(12-23)13-25-20(27-19)24-10-9-14-3-5-16(22)6-4-14/h3-6,13,17-18,28H,7-11H2,1-2H3,(H2,24,25,26,27)/t17-,18+/m1/s1. The molecule has 1 aromatic carbocycles. The summed E-state index contributed by atoms with van der Waals surface area (Å²) in [5, 5.41) is 26.9. The normalized spacial score (nSPS) is 21.0. The van der Waals surface area contributed by atoms with Gasteiger partial charge < -0.3 is 15.7 Å². The molecule has 0 amide bonds. The van der Waals surface area contributed by atoms with E-state index in [1.165, 1.54) is 5.56 Å². The number of hydrogen-bond donors (Lipinski definition) is 3. The third kappa shape index (κ3) is 5.12. The van der Waals surface area contributed by atoms with Gasteiger partial charge in [-0.15, -0.1) is 0 Å². The van der Waals surface area contributed by atoms with Crippen molar-refractivity contribution in [1.82, 2.24) is 9.97 Å². The quantitative estimate of drug-likeness (QED) is 0.679. The number of rotatable bonds is 6. The van der Waals surface area contributed by atoms with Crippen LogP contribution in [0.15, 0.2) is 30.5 Å². The number of nitriles is 1. The van der Waals surface area contributed by atoms with Crippen LogP contribution in [0.2, 0.25) is 5.02 Å². The Balaban J connectivity index is 1.63. The average Bonchev–Trinajstić information content (AvgIpc) is 2.66. The Kier molecular flexibility index (Phi) is 6.38. The Hall–Kier alpha value is -2.36. The van der Waals surface area contributed by atoms with Gasteiger partial charge in [0.2, 0.25) is 5.95 Å². The second-order valence-corrected chi connectivity index (χ2v) is 8.43. The predicted octanol–water partition coefficient (Wildman–Crippen LogP) is 4.01. The fourth-order valence-electron chi connectivity index (χ4n) is 3.57. The molecule has 1 heterocycles. The van der Waals surface area contributed by atoms with E-state index in [0.717, 1.165) is 30.7 Å². The molecule has 2 aromatic rings. The van der Waals surface area contributed by atoms with Gasteiger partial charge in [0.15, 0.2) is 0 Å². The van der Waals surface area contributed by atoms with Crippen LogP contribution in [0.3, 0.4) is 0 Å². The first-order valence-corrected chi connectivity index (χ1v) is 9.95. The zero-order valence-corrected chi connectivity index (χ0v) is 17.0. The Labute approximate surface area is 171 Å². The van der Waals surface area contributed by atoms with Crippen molar-refractivity contribution in [2.45, 2.75) is 51.7 Å². The summed E-state index contributed by atoms with van der Waals surface area (Å²) < 4.78 is 0. The lowest BCUT2D eigenvalue weighted by Gasteiger charge is -2.40. The van der Waals surface area contributed by atoms with Gasteiger partial charge in [-0.05, 0) is 48.8 Å². The maximum Gasteiger partial charge on any atom is 0.224 e. The van der Waals surface area contributed by atoms with Gasteiger partial charge in [-0.3, -0.25) is 0 Å². The van der Waals surface area contributed by atoms with Gasteiger partial charge in [0.25, 0.3) is 0 Å². The molecule has 6 nitrogen and oxygen atoms in total. The molecule has 148 valence electrons. The van der Waals surface area contributed by atoms with E-state index in [9.17, 15) is 10.4 Å². The van der Waals surface area contributed by atoms with Crippen LogP contribution < -0.4 is 10.6 Å². The molecular formula is C21H26ClN5O. The molecule has 0 unspecified atom stereocenters. The van der Waals surface area contributed by atoms with E-state index in [1.54, 1.807) is 6.20 Å². The van der Waals surface area contributed by atoms with Gasteiger partial charge in [0.1, 0.15) is 17.5 Å². The first-order valence-electron chi connectivity index (χ1n) is 9.57. The van der Waals surface area contributed by atoms with Crippen LogP contribution in [0.4, 0.5) is 11.8 Å². The summed E-state index contributed by atoms with van der Waals surface area (Å²) in [6, 6.07) is 10.1. The minimum Gasteiger partial charge on any atom is -0.393 e. The smallest absolute Gasteiger partial charge is 0.224 e. The first-order chi connectivity index (χ1) is 13.4. The summed E-state index contributed by atoms with van der Waals surface area (Å²) in [5.74, 6) is 1.04. The lowest BCUT2D eigenvalue weighted by atomic mass is 9.73. The van der Waals surface area contributed by atoms with E-state index >= 15 is 0 Å². The predicted molar refractivity (Wildman–Crippen MR) is 111 cm³/mol. The topological polar surface area (TPSA) is 93.9 Å². The molecule has 3 N–H and O–H groups in total. The zero-order chi connectivity index (χ0) is 20.1. The fraction of sp³-hybridized carbons (Fsp3) is 0.476.